The van der Waals surface area contributed by atoms with Crippen molar-refractivity contribution >= 4 is 54.2 Å². The lowest BCUT2D eigenvalue weighted by molar-refractivity contribution is 0.0984. The van der Waals surface area contributed by atoms with E-state index in [1.807, 2.05) is 30.3 Å². The van der Waals surface area contributed by atoms with Gasteiger partial charge in [-0.2, -0.15) is 4.31 Å². The van der Waals surface area contributed by atoms with Crippen LogP contribution in [0.5, 0.6) is 0 Å². The average Bonchev–Trinajstić information content (AvgIpc) is 3.53. The highest BCUT2D eigenvalue weighted by Crippen LogP contribution is 2.32. The molecule has 5 rings (SSSR count). The number of nitrogens with zero attached hydrogens (tertiary/aromatic N) is 4. The molecule has 1 aliphatic heterocycles. The Morgan fingerprint density at radius 1 is 1.06 bits per heavy atom. The monoisotopic (exact) mass is 512 g/mol. The summed E-state index contributed by atoms with van der Waals surface area (Å²) in [6.45, 7) is 1.28. The minimum Gasteiger partial charge on any atom is -0.278 e. The Bertz CT molecular complexity index is 1430. The first kappa shape index (κ1) is 22.9. The number of sulfonamides is 1. The van der Waals surface area contributed by atoms with E-state index in [1.165, 1.54) is 27.8 Å². The number of rotatable bonds is 6. The molecule has 0 unspecified atom stereocenters. The summed E-state index contributed by atoms with van der Waals surface area (Å²) in [5.41, 5.74) is 1.82. The molecule has 1 fully saturated rings. The van der Waals surface area contributed by atoms with Crippen molar-refractivity contribution < 1.29 is 13.2 Å². The molecule has 10 heteroatoms. The number of anilines is 1. The average molecular weight is 513 g/mol. The van der Waals surface area contributed by atoms with E-state index < -0.39 is 10.0 Å². The van der Waals surface area contributed by atoms with E-state index in [-0.39, 0.29) is 17.3 Å². The van der Waals surface area contributed by atoms with E-state index in [1.54, 1.807) is 29.3 Å². The standard InChI is InChI=1S/C24H21ClN4O3S2/c25-18-8-11-21-22(15-18)33-24(27-21)29(16-19-5-1-2-12-26-19)23(30)17-6-9-20(10-7-17)34(31,32)28-13-3-4-14-28/h1-2,5-12,15H,3-4,13-14,16H2. The number of amides is 1. The second kappa shape index (κ2) is 9.42. The molecule has 4 aromatic rings. The van der Waals surface area contributed by atoms with Crippen LogP contribution in [0.25, 0.3) is 10.2 Å². The number of hydrogen-bond donors (Lipinski definition) is 0. The van der Waals surface area contributed by atoms with E-state index in [0.717, 1.165) is 23.1 Å². The maximum Gasteiger partial charge on any atom is 0.260 e. The molecule has 0 spiro atoms. The molecule has 1 saturated heterocycles. The molecule has 0 N–H and O–H groups in total. The minimum absolute atomic E-state index is 0.192. The van der Waals surface area contributed by atoms with Crippen LogP contribution in [0.3, 0.4) is 0 Å². The summed E-state index contributed by atoms with van der Waals surface area (Å²) >= 11 is 7.50. The number of aromatic nitrogens is 2. The quantitative estimate of drug-likeness (QED) is 0.364. The van der Waals surface area contributed by atoms with Crippen molar-refractivity contribution in [3.8, 4) is 0 Å². The predicted molar refractivity (Wildman–Crippen MR) is 134 cm³/mol. The highest BCUT2D eigenvalue weighted by Gasteiger charge is 2.28. The topological polar surface area (TPSA) is 83.5 Å². The largest absolute Gasteiger partial charge is 0.278 e. The summed E-state index contributed by atoms with van der Waals surface area (Å²) in [5.74, 6) is -0.291. The van der Waals surface area contributed by atoms with Gasteiger partial charge in [-0.1, -0.05) is 29.0 Å². The second-order valence-electron chi connectivity index (χ2n) is 7.96. The van der Waals surface area contributed by atoms with Gasteiger partial charge >= 0.3 is 0 Å². The third-order valence-corrected chi connectivity index (χ3v) is 8.85. The molecule has 2 aromatic carbocycles. The van der Waals surface area contributed by atoms with Gasteiger partial charge in [0.25, 0.3) is 5.91 Å². The SMILES string of the molecule is O=C(c1ccc(S(=O)(=O)N2CCCC2)cc1)N(Cc1ccccn1)c1nc2ccc(Cl)cc2s1. The van der Waals surface area contributed by atoms with Gasteiger partial charge in [0.1, 0.15) is 0 Å². The number of hydrogen-bond acceptors (Lipinski definition) is 6. The number of carbonyl (C=O) groups is 1. The fourth-order valence-electron chi connectivity index (χ4n) is 3.88. The van der Waals surface area contributed by atoms with Crippen LogP contribution in [0.15, 0.2) is 71.8 Å². The summed E-state index contributed by atoms with van der Waals surface area (Å²) in [6, 6.07) is 17.0. The van der Waals surface area contributed by atoms with Crippen LogP contribution in [-0.2, 0) is 16.6 Å². The third-order valence-electron chi connectivity index (χ3n) is 5.67. The number of pyridine rings is 1. The van der Waals surface area contributed by atoms with Crippen LogP contribution in [-0.4, -0.2) is 41.7 Å². The van der Waals surface area contributed by atoms with Crippen molar-refractivity contribution in [2.24, 2.45) is 0 Å². The maximum absolute atomic E-state index is 13.6. The first-order valence-electron chi connectivity index (χ1n) is 10.8. The van der Waals surface area contributed by atoms with Crippen LogP contribution in [0.4, 0.5) is 5.13 Å². The summed E-state index contributed by atoms with van der Waals surface area (Å²) in [5, 5.41) is 1.11. The molecule has 0 aliphatic carbocycles. The molecular weight excluding hydrogens is 492 g/mol. The Kier molecular flexibility index (Phi) is 6.35. The zero-order valence-electron chi connectivity index (χ0n) is 18.1. The number of carbonyl (C=O) groups excluding carboxylic acids is 1. The Labute approximate surface area is 206 Å². The lowest BCUT2D eigenvalue weighted by Gasteiger charge is -2.20. The molecule has 2 aromatic heterocycles. The Balaban J connectivity index is 1.48. The zero-order valence-corrected chi connectivity index (χ0v) is 20.5. The second-order valence-corrected chi connectivity index (χ2v) is 11.3. The number of benzene rings is 2. The third kappa shape index (κ3) is 4.56. The van der Waals surface area contributed by atoms with E-state index in [9.17, 15) is 13.2 Å². The van der Waals surface area contributed by atoms with Crippen LogP contribution in [0.1, 0.15) is 28.9 Å². The van der Waals surface area contributed by atoms with E-state index in [0.29, 0.717) is 34.5 Å². The molecule has 174 valence electrons. The summed E-state index contributed by atoms with van der Waals surface area (Å²) in [4.78, 5) is 24.3. The molecule has 0 saturated carbocycles. The Hall–Kier alpha value is -2.85. The first-order valence-corrected chi connectivity index (χ1v) is 13.4. The normalized spacial score (nSPS) is 14.5. The predicted octanol–water partition coefficient (Wildman–Crippen LogP) is 4.98. The van der Waals surface area contributed by atoms with Crippen LogP contribution in [0, 0.1) is 0 Å². The Morgan fingerprint density at radius 2 is 1.82 bits per heavy atom. The van der Waals surface area contributed by atoms with Crippen molar-refractivity contribution in [1.29, 1.82) is 0 Å². The molecular formula is C24H21ClN4O3S2. The molecule has 0 bridgehead atoms. The van der Waals surface area contributed by atoms with E-state index in [2.05, 4.69) is 9.97 Å². The lowest BCUT2D eigenvalue weighted by Crippen LogP contribution is -2.31. The van der Waals surface area contributed by atoms with Crippen molar-refractivity contribution in [3.63, 3.8) is 0 Å². The molecule has 1 aliphatic rings. The highest BCUT2D eigenvalue weighted by atomic mass is 35.5. The van der Waals surface area contributed by atoms with E-state index in [4.69, 9.17) is 11.6 Å². The minimum atomic E-state index is -3.55. The van der Waals surface area contributed by atoms with Gasteiger partial charge in [0.2, 0.25) is 10.0 Å². The zero-order chi connectivity index (χ0) is 23.7. The molecule has 34 heavy (non-hydrogen) atoms. The van der Waals surface area contributed by atoms with Gasteiger partial charge in [-0.3, -0.25) is 14.7 Å². The molecule has 0 atom stereocenters. The molecule has 3 heterocycles. The highest BCUT2D eigenvalue weighted by molar-refractivity contribution is 7.89. The van der Waals surface area contributed by atoms with Crippen LogP contribution < -0.4 is 4.90 Å². The van der Waals surface area contributed by atoms with Gasteiger partial charge in [-0.25, -0.2) is 13.4 Å². The van der Waals surface area contributed by atoms with Crippen LogP contribution in [0.2, 0.25) is 5.02 Å². The summed E-state index contributed by atoms with van der Waals surface area (Å²) in [7, 11) is -3.55. The van der Waals surface area contributed by atoms with Crippen molar-refractivity contribution in [2.45, 2.75) is 24.3 Å². The summed E-state index contributed by atoms with van der Waals surface area (Å²) < 4.78 is 28.0. The fourth-order valence-corrected chi connectivity index (χ4v) is 6.64. The molecule has 0 radical (unpaired) electrons. The van der Waals surface area contributed by atoms with Gasteiger partial charge < -0.3 is 0 Å². The van der Waals surface area contributed by atoms with Gasteiger partial charge in [0.15, 0.2) is 5.13 Å². The fraction of sp³-hybridized carbons (Fsp3) is 0.208. The number of fused-ring (bicyclic) bond motifs is 1. The van der Waals surface area contributed by atoms with Crippen molar-refractivity contribution in [2.75, 3.05) is 18.0 Å². The van der Waals surface area contributed by atoms with Gasteiger partial charge in [0, 0.05) is 29.9 Å². The smallest absolute Gasteiger partial charge is 0.260 e. The van der Waals surface area contributed by atoms with Gasteiger partial charge in [-0.05, 0) is 67.4 Å². The first-order chi connectivity index (χ1) is 16.4. The molecule has 1 amide bonds. The van der Waals surface area contributed by atoms with Crippen molar-refractivity contribution in [3.05, 3.63) is 83.1 Å². The lowest BCUT2D eigenvalue weighted by atomic mass is 10.2. The Morgan fingerprint density at radius 3 is 2.53 bits per heavy atom. The van der Waals surface area contributed by atoms with Crippen molar-refractivity contribution in [1.82, 2.24) is 14.3 Å². The van der Waals surface area contributed by atoms with Crippen LogP contribution >= 0.6 is 22.9 Å². The van der Waals surface area contributed by atoms with Gasteiger partial charge in [-0.15, -0.1) is 0 Å². The van der Waals surface area contributed by atoms with E-state index >= 15 is 0 Å². The number of thiazole rings is 1. The maximum atomic E-state index is 13.6. The molecule has 7 nitrogen and oxygen atoms in total. The summed E-state index contributed by atoms with van der Waals surface area (Å²) in [6.07, 6.45) is 3.41. The van der Waals surface area contributed by atoms with Gasteiger partial charge in [0.05, 0.1) is 27.4 Å². The number of halogens is 1.